The van der Waals surface area contributed by atoms with Crippen molar-refractivity contribution >= 4 is 44.3 Å². The van der Waals surface area contributed by atoms with Gasteiger partial charge in [-0.05, 0) is 40.2 Å². The van der Waals surface area contributed by atoms with Crippen molar-refractivity contribution in [2.45, 2.75) is 0 Å². The predicted molar refractivity (Wildman–Crippen MR) is 116 cm³/mol. The van der Waals surface area contributed by atoms with Crippen LogP contribution in [-0.2, 0) is 0 Å². The molecule has 0 spiro atoms. The molecule has 0 fully saturated rings. The summed E-state index contributed by atoms with van der Waals surface area (Å²) in [5.41, 5.74) is 2.88. The number of halogens is 1. The highest BCUT2D eigenvalue weighted by Gasteiger charge is 2.17. The van der Waals surface area contributed by atoms with Crippen molar-refractivity contribution in [3.05, 3.63) is 88.9 Å². The van der Waals surface area contributed by atoms with Gasteiger partial charge in [0.25, 0.3) is 5.91 Å². The number of aromatic nitrogens is 4. The number of benzene rings is 3. The van der Waals surface area contributed by atoms with Gasteiger partial charge in [0.2, 0.25) is 5.95 Å². The maximum absolute atomic E-state index is 12.7. The summed E-state index contributed by atoms with van der Waals surface area (Å²) in [5.74, 6) is 0.598. The number of anilines is 1. The number of rotatable bonds is 3. The quantitative estimate of drug-likeness (QED) is 0.427. The number of nitrogens with zero attached hydrogens (tertiary/aromatic N) is 4. The molecular weight excluding hydrogens is 430 g/mol. The van der Waals surface area contributed by atoms with E-state index >= 15 is 0 Å². The van der Waals surface area contributed by atoms with E-state index in [1.54, 1.807) is 10.6 Å². The van der Waals surface area contributed by atoms with E-state index in [-0.39, 0.29) is 11.9 Å². The maximum Gasteiger partial charge on any atom is 0.259 e. The molecule has 0 aliphatic rings. The lowest BCUT2D eigenvalue weighted by atomic mass is 10.2. The summed E-state index contributed by atoms with van der Waals surface area (Å²) in [4.78, 5) is 22.0. The van der Waals surface area contributed by atoms with Crippen LogP contribution in [0, 0.1) is 0 Å². The highest BCUT2D eigenvalue weighted by atomic mass is 79.9. The molecule has 0 radical (unpaired) electrons. The summed E-state index contributed by atoms with van der Waals surface area (Å²) >= 11 is 3.40. The average molecular weight is 444 g/mol. The lowest BCUT2D eigenvalue weighted by molar-refractivity contribution is 0.102. The van der Waals surface area contributed by atoms with Gasteiger partial charge >= 0.3 is 0 Å². The van der Waals surface area contributed by atoms with Crippen molar-refractivity contribution in [2.75, 3.05) is 5.32 Å². The Kier molecular flexibility index (Phi) is 4.29. The molecule has 0 bridgehead atoms. The van der Waals surface area contributed by atoms with Crippen molar-refractivity contribution in [3.63, 3.8) is 0 Å². The lowest BCUT2D eigenvalue weighted by Crippen LogP contribution is -2.13. The summed E-state index contributed by atoms with van der Waals surface area (Å²) < 4.78 is 2.38. The van der Waals surface area contributed by atoms with E-state index in [0.29, 0.717) is 21.5 Å². The fourth-order valence-corrected chi connectivity index (χ4v) is 3.66. The van der Waals surface area contributed by atoms with Crippen LogP contribution < -0.4 is 5.32 Å². The Labute approximate surface area is 174 Å². The standard InChI is InChI=1S/C22H14BrN5O/c23-17-12-6-4-10-15(17)21(29)26-22-25-20-16-11-5-7-13-18(16)24-19(28(20)27-22)14-8-2-1-3-9-14/h1-13H,(H,26,27,29). The summed E-state index contributed by atoms with van der Waals surface area (Å²) in [5, 5.41) is 8.18. The number of carbonyl (C=O) groups is 1. The van der Waals surface area contributed by atoms with Gasteiger partial charge in [-0.3, -0.25) is 10.1 Å². The fourth-order valence-electron chi connectivity index (χ4n) is 3.20. The molecule has 0 atom stereocenters. The zero-order valence-corrected chi connectivity index (χ0v) is 16.7. The van der Waals surface area contributed by atoms with E-state index in [0.717, 1.165) is 16.5 Å². The Morgan fingerprint density at radius 1 is 0.862 bits per heavy atom. The molecule has 7 heteroatoms. The zero-order chi connectivity index (χ0) is 19.8. The van der Waals surface area contributed by atoms with Crippen molar-refractivity contribution in [3.8, 4) is 11.4 Å². The first-order valence-electron chi connectivity index (χ1n) is 8.97. The largest absolute Gasteiger partial charge is 0.289 e. The Bertz CT molecular complexity index is 1360. The number of hydrogen-bond acceptors (Lipinski definition) is 4. The van der Waals surface area contributed by atoms with Gasteiger partial charge in [0.05, 0.1) is 11.1 Å². The molecule has 3 aromatic carbocycles. The minimum atomic E-state index is -0.285. The molecule has 5 aromatic rings. The predicted octanol–water partition coefficient (Wildman–Crippen LogP) is 4.96. The van der Waals surface area contributed by atoms with Crippen LogP contribution in [0.25, 0.3) is 27.9 Å². The molecule has 5 rings (SSSR count). The van der Waals surface area contributed by atoms with E-state index in [2.05, 4.69) is 31.3 Å². The first-order valence-corrected chi connectivity index (χ1v) is 9.77. The molecule has 0 saturated heterocycles. The third-order valence-electron chi connectivity index (χ3n) is 4.55. The van der Waals surface area contributed by atoms with Gasteiger partial charge in [0.15, 0.2) is 11.5 Å². The van der Waals surface area contributed by atoms with Gasteiger partial charge in [-0.25, -0.2) is 4.98 Å². The van der Waals surface area contributed by atoms with Crippen LogP contribution in [0.2, 0.25) is 0 Å². The Morgan fingerprint density at radius 3 is 2.41 bits per heavy atom. The normalized spacial score (nSPS) is 11.1. The van der Waals surface area contributed by atoms with Crippen molar-refractivity contribution < 1.29 is 4.79 Å². The number of carbonyl (C=O) groups excluding carboxylic acids is 1. The van der Waals surface area contributed by atoms with Crippen LogP contribution in [0.3, 0.4) is 0 Å². The van der Waals surface area contributed by atoms with Crippen molar-refractivity contribution in [1.29, 1.82) is 0 Å². The van der Waals surface area contributed by atoms with Gasteiger partial charge in [-0.15, -0.1) is 5.10 Å². The first kappa shape index (κ1) is 17.5. The molecule has 0 saturated carbocycles. The van der Waals surface area contributed by atoms with Gasteiger partial charge < -0.3 is 0 Å². The molecule has 2 aromatic heterocycles. The molecule has 0 aliphatic carbocycles. The highest BCUT2D eigenvalue weighted by Crippen LogP contribution is 2.25. The third-order valence-corrected chi connectivity index (χ3v) is 5.25. The topological polar surface area (TPSA) is 72.2 Å². The summed E-state index contributed by atoms with van der Waals surface area (Å²) in [6.45, 7) is 0. The van der Waals surface area contributed by atoms with Gasteiger partial charge in [-0.1, -0.05) is 54.6 Å². The smallest absolute Gasteiger partial charge is 0.259 e. The van der Waals surface area contributed by atoms with Crippen LogP contribution in [0.15, 0.2) is 83.3 Å². The van der Waals surface area contributed by atoms with E-state index in [4.69, 9.17) is 4.98 Å². The number of nitrogens with one attached hydrogen (secondary N) is 1. The number of amides is 1. The molecule has 0 unspecified atom stereocenters. The Morgan fingerprint density at radius 2 is 1.59 bits per heavy atom. The SMILES string of the molecule is O=C(Nc1nc2c3ccccc3nc(-c3ccccc3)n2n1)c1ccccc1Br. The number of hydrogen-bond donors (Lipinski definition) is 1. The second-order valence-corrected chi connectivity index (χ2v) is 7.28. The van der Waals surface area contributed by atoms with Crippen LogP contribution in [0.5, 0.6) is 0 Å². The van der Waals surface area contributed by atoms with E-state index in [1.807, 2.05) is 72.8 Å². The van der Waals surface area contributed by atoms with E-state index < -0.39 is 0 Å². The minimum absolute atomic E-state index is 0.223. The molecule has 6 nitrogen and oxygen atoms in total. The van der Waals surface area contributed by atoms with E-state index in [1.165, 1.54) is 0 Å². The Balaban J connectivity index is 1.66. The zero-order valence-electron chi connectivity index (χ0n) is 15.1. The average Bonchev–Trinajstić information content (AvgIpc) is 3.18. The third kappa shape index (κ3) is 3.15. The molecule has 29 heavy (non-hydrogen) atoms. The molecule has 2 heterocycles. The molecule has 0 aliphatic heterocycles. The van der Waals surface area contributed by atoms with Gasteiger partial charge in [-0.2, -0.15) is 9.50 Å². The first-order chi connectivity index (χ1) is 14.2. The van der Waals surface area contributed by atoms with Crippen molar-refractivity contribution in [1.82, 2.24) is 19.6 Å². The van der Waals surface area contributed by atoms with Crippen molar-refractivity contribution in [2.24, 2.45) is 0 Å². The molecule has 1 N–H and O–H groups in total. The van der Waals surface area contributed by atoms with Crippen LogP contribution in [-0.4, -0.2) is 25.5 Å². The van der Waals surface area contributed by atoms with Crippen LogP contribution >= 0.6 is 15.9 Å². The molecular formula is C22H14BrN5O. The maximum atomic E-state index is 12.7. The van der Waals surface area contributed by atoms with Gasteiger partial charge in [0.1, 0.15) is 0 Å². The second-order valence-electron chi connectivity index (χ2n) is 6.42. The second kappa shape index (κ2) is 7.10. The van der Waals surface area contributed by atoms with Crippen LogP contribution in [0.1, 0.15) is 10.4 Å². The summed E-state index contributed by atoms with van der Waals surface area (Å²) in [6, 6.07) is 24.8. The Hall–Kier alpha value is -3.58. The van der Waals surface area contributed by atoms with Crippen LogP contribution in [0.4, 0.5) is 5.95 Å². The molecule has 140 valence electrons. The van der Waals surface area contributed by atoms with Gasteiger partial charge in [0, 0.05) is 15.4 Å². The minimum Gasteiger partial charge on any atom is -0.289 e. The summed E-state index contributed by atoms with van der Waals surface area (Å²) in [7, 11) is 0. The monoisotopic (exact) mass is 443 g/mol. The highest BCUT2D eigenvalue weighted by molar-refractivity contribution is 9.10. The summed E-state index contributed by atoms with van der Waals surface area (Å²) in [6.07, 6.45) is 0. The molecule has 1 amide bonds. The number of para-hydroxylation sites is 1. The number of fused-ring (bicyclic) bond motifs is 3. The lowest BCUT2D eigenvalue weighted by Gasteiger charge is -2.06. The fraction of sp³-hybridized carbons (Fsp3) is 0. The van der Waals surface area contributed by atoms with E-state index in [9.17, 15) is 4.79 Å².